The Balaban J connectivity index is 2.11. The summed E-state index contributed by atoms with van der Waals surface area (Å²) in [4.78, 5) is 17.8. The van der Waals surface area contributed by atoms with Crippen LogP contribution in [-0.2, 0) is 0 Å². The number of hydrogen-bond donors (Lipinski definition) is 0. The second-order valence-corrected chi connectivity index (χ2v) is 6.74. The SMILES string of the molecule is CC12CCC(c3nc4ccccc4n3C1=O)C2(C)C. The van der Waals surface area contributed by atoms with Gasteiger partial charge >= 0.3 is 0 Å². The lowest BCUT2D eigenvalue weighted by molar-refractivity contribution is 0.0413. The number of fused-ring (bicyclic) bond motifs is 6. The van der Waals surface area contributed by atoms with Crippen LogP contribution in [0, 0.1) is 10.8 Å². The van der Waals surface area contributed by atoms with Crippen LogP contribution >= 0.6 is 0 Å². The van der Waals surface area contributed by atoms with Gasteiger partial charge in [-0.3, -0.25) is 9.36 Å². The van der Waals surface area contributed by atoms with Crippen molar-refractivity contribution >= 4 is 16.9 Å². The molecule has 2 unspecified atom stereocenters. The van der Waals surface area contributed by atoms with Crippen molar-refractivity contribution in [3.8, 4) is 0 Å². The molecule has 1 aliphatic heterocycles. The lowest BCUT2D eigenvalue weighted by Crippen LogP contribution is -2.47. The highest BCUT2D eigenvalue weighted by Gasteiger charge is 2.61. The zero-order valence-electron chi connectivity index (χ0n) is 11.6. The highest BCUT2D eigenvalue weighted by molar-refractivity contribution is 5.96. The van der Waals surface area contributed by atoms with E-state index in [4.69, 9.17) is 4.98 Å². The van der Waals surface area contributed by atoms with E-state index in [9.17, 15) is 4.79 Å². The normalized spacial score (nSPS) is 31.7. The smallest absolute Gasteiger partial charge is 0.239 e. The minimum atomic E-state index is -0.256. The third-order valence-electron chi connectivity index (χ3n) is 5.80. The lowest BCUT2D eigenvalue weighted by atomic mass is 9.63. The molecule has 2 aliphatic rings. The molecular weight excluding hydrogens is 236 g/mol. The van der Waals surface area contributed by atoms with Crippen molar-refractivity contribution in [1.29, 1.82) is 0 Å². The number of aromatic nitrogens is 2. The van der Waals surface area contributed by atoms with Gasteiger partial charge < -0.3 is 0 Å². The van der Waals surface area contributed by atoms with E-state index >= 15 is 0 Å². The van der Waals surface area contributed by atoms with Crippen LogP contribution in [0.2, 0.25) is 0 Å². The number of benzene rings is 1. The standard InChI is InChI=1S/C16H18N2O/c1-15(2)10-8-9-16(15,3)14(19)18-12-7-5-4-6-11(12)17-13(10)18/h4-7,10H,8-9H2,1-3H3. The number of imidazole rings is 1. The maximum atomic E-state index is 13.0. The van der Waals surface area contributed by atoms with Gasteiger partial charge in [-0.15, -0.1) is 0 Å². The van der Waals surface area contributed by atoms with E-state index in [0.717, 1.165) is 29.7 Å². The zero-order chi connectivity index (χ0) is 13.4. The Hall–Kier alpha value is -1.64. The second kappa shape index (κ2) is 3.09. The number of rotatable bonds is 0. The number of hydrogen-bond acceptors (Lipinski definition) is 2. The highest BCUT2D eigenvalue weighted by Crippen LogP contribution is 2.63. The second-order valence-electron chi connectivity index (χ2n) is 6.74. The first kappa shape index (κ1) is 11.2. The molecular formula is C16H18N2O. The van der Waals surface area contributed by atoms with Gasteiger partial charge in [-0.25, -0.2) is 4.98 Å². The molecule has 0 amide bonds. The van der Waals surface area contributed by atoms with Crippen LogP contribution in [0.15, 0.2) is 24.3 Å². The summed E-state index contributed by atoms with van der Waals surface area (Å²) < 4.78 is 1.89. The third kappa shape index (κ3) is 1.06. The molecule has 0 N–H and O–H groups in total. The average molecular weight is 254 g/mol. The summed E-state index contributed by atoms with van der Waals surface area (Å²) in [6.45, 7) is 6.59. The molecule has 1 aromatic heterocycles. The maximum absolute atomic E-state index is 13.0. The molecule has 19 heavy (non-hydrogen) atoms. The van der Waals surface area contributed by atoms with Crippen molar-refractivity contribution in [2.24, 2.45) is 10.8 Å². The van der Waals surface area contributed by atoms with Crippen molar-refractivity contribution < 1.29 is 4.79 Å². The molecule has 2 aromatic rings. The van der Waals surface area contributed by atoms with Crippen molar-refractivity contribution in [1.82, 2.24) is 9.55 Å². The molecule has 98 valence electrons. The molecule has 1 aromatic carbocycles. The van der Waals surface area contributed by atoms with Crippen LogP contribution in [0.5, 0.6) is 0 Å². The number of carbonyl (C=O) groups excluding carboxylic acids is 1. The van der Waals surface area contributed by atoms with Gasteiger partial charge in [-0.1, -0.05) is 32.9 Å². The average Bonchev–Trinajstić information content (AvgIpc) is 2.82. The number of nitrogens with zero attached hydrogens (tertiary/aromatic N) is 2. The van der Waals surface area contributed by atoms with Crippen LogP contribution in [0.3, 0.4) is 0 Å². The summed E-state index contributed by atoms with van der Waals surface area (Å²) in [5, 5.41) is 0. The predicted molar refractivity (Wildman–Crippen MR) is 74.2 cm³/mol. The molecule has 2 heterocycles. The Morgan fingerprint density at radius 2 is 2.00 bits per heavy atom. The summed E-state index contributed by atoms with van der Waals surface area (Å²) in [7, 11) is 0. The largest absolute Gasteiger partial charge is 0.273 e. The Kier molecular flexibility index (Phi) is 1.82. The van der Waals surface area contributed by atoms with Crippen molar-refractivity contribution in [3.63, 3.8) is 0 Å². The van der Waals surface area contributed by atoms with Gasteiger partial charge in [0.15, 0.2) is 0 Å². The zero-order valence-corrected chi connectivity index (χ0v) is 11.6. The summed E-state index contributed by atoms with van der Waals surface area (Å²) in [5.74, 6) is 1.60. The van der Waals surface area contributed by atoms with Gasteiger partial charge in [0.2, 0.25) is 5.91 Å². The van der Waals surface area contributed by atoms with E-state index < -0.39 is 0 Å². The molecule has 1 fully saturated rings. The maximum Gasteiger partial charge on any atom is 0.239 e. The molecule has 3 nitrogen and oxygen atoms in total. The molecule has 3 heteroatoms. The van der Waals surface area contributed by atoms with Crippen molar-refractivity contribution in [2.45, 2.75) is 39.5 Å². The Labute approximate surface area is 112 Å². The first-order valence-corrected chi connectivity index (χ1v) is 6.99. The molecule has 0 saturated heterocycles. The van der Waals surface area contributed by atoms with Crippen LogP contribution in [0.1, 0.15) is 50.1 Å². The fourth-order valence-corrected chi connectivity index (χ4v) is 4.07. The Morgan fingerprint density at radius 1 is 1.26 bits per heavy atom. The summed E-state index contributed by atoms with van der Waals surface area (Å²) in [6, 6.07) is 7.97. The van der Waals surface area contributed by atoms with E-state index in [1.807, 2.05) is 28.8 Å². The summed E-state index contributed by atoms with van der Waals surface area (Å²) >= 11 is 0. The van der Waals surface area contributed by atoms with E-state index in [1.165, 1.54) is 0 Å². The van der Waals surface area contributed by atoms with Crippen molar-refractivity contribution in [2.75, 3.05) is 0 Å². The minimum Gasteiger partial charge on any atom is -0.273 e. The summed E-state index contributed by atoms with van der Waals surface area (Å²) in [5.41, 5.74) is 1.66. The Morgan fingerprint density at radius 3 is 2.79 bits per heavy atom. The van der Waals surface area contributed by atoms with E-state index in [1.54, 1.807) is 0 Å². The monoisotopic (exact) mass is 254 g/mol. The first-order valence-electron chi connectivity index (χ1n) is 6.99. The molecule has 2 atom stereocenters. The molecule has 4 rings (SSSR count). The number of para-hydroxylation sites is 2. The van der Waals surface area contributed by atoms with E-state index in [-0.39, 0.29) is 16.7 Å². The molecule has 0 radical (unpaired) electrons. The molecule has 2 bridgehead atoms. The first-order chi connectivity index (χ1) is 8.97. The van der Waals surface area contributed by atoms with Gasteiger partial charge in [0.1, 0.15) is 5.82 Å². The molecule has 1 saturated carbocycles. The van der Waals surface area contributed by atoms with Crippen molar-refractivity contribution in [3.05, 3.63) is 30.1 Å². The van der Waals surface area contributed by atoms with Crippen LogP contribution in [0.25, 0.3) is 11.0 Å². The van der Waals surface area contributed by atoms with Gasteiger partial charge in [0, 0.05) is 5.92 Å². The lowest BCUT2D eigenvalue weighted by Gasteiger charge is -2.44. The van der Waals surface area contributed by atoms with Crippen LogP contribution < -0.4 is 0 Å². The summed E-state index contributed by atoms with van der Waals surface area (Å²) in [6.07, 6.45) is 2.04. The fraction of sp³-hybridized carbons (Fsp3) is 0.500. The quantitative estimate of drug-likeness (QED) is 0.720. The van der Waals surface area contributed by atoms with Gasteiger partial charge in [-0.05, 0) is 30.4 Å². The fourth-order valence-electron chi connectivity index (χ4n) is 4.07. The highest BCUT2D eigenvalue weighted by atomic mass is 16.2. The molecule has 1 aliphatic carbocycles. The van der Waals surface area contributed by atoms with E-state index in [2.05, 4.69) is 20.8 Å². The van der Waals surface area contributed by atoms with E-state index in [0.29, 0.717) is 5.92 Å². The topological polar surface area (TPSA) is 34.9 Å². The number of carbonyl (C=O) groups is 1. The van der Waals surface area contributed by atoms with Gasteiger partial charge in [0.05, 0.1) is 16.4 Å². The Bertz CT molecular complexity index is 713. The predicted octanol–water partition coefficient (Wildman–Crippen LogP) is 3.60. The third-order valence-corrected chi connectivity index (χ3v) is 5.80. The minimum absolute atomic E-state index is 0.00145. The van der Waals surface area contributed by atoms with Gasteiger partial charge in [0.25, 0.3) is 0 Å². The molecule has 0 spiro atoms. The van der Waals surface area contributed by atoms with Crippen LogP contribution in [0.4, 0.5) is 0 Å². The van der Waals surface area contributed by atoms with Crippen LogP contribution in [-0.4, -0.2) is 15.5 Å². The van der Waals surface area contributed by atoms with Gasteiger partial charge in [-0.2, -0.15) is 0 Å².